The van der Waals surface area contributed by atoms with Crippen LogP contribution in [0, 0.1) is 0 Å². The Hall–Kier alpha value is -3.02. The number of hydrogen-bond acceptors (Lipinski definition) is 4. The molecule has 0 bridgehead atoms. The van der Waals surface area contributed by atoms with Gasteiger partial charge in [0.2, 0.25) is 0 Å². The molecular formula is C24H32N2O4. The molecule has 2 aromatic carbocycles. The molecule has 30 heavy (non-hydrogen) atoms. The molecule has 0 heterocycles. The molecule has 0 N–H and O–H groups in total. The van der Waals surface area contributed by atoms with Gasteiger partial charge in [0.25, 0.3) is 0 Å². The van der Waals surface area contributed by atoms with E-state index in [9.17, 15) is 9.59 Å². The van der Waals surface area contributed by atoms with Crippen molar-refractivity contribution in [3.05, 3.63) is 60.7 Å². The molecule has 2 rings (SSSR count). The van der Waals surface area contributed by atoms with Crippen LogP contribution in [0.5, 0.6) is 0 Å². The van der Waals surface area contributed by atoms with Crippen molar-refractivity contribution in [2.75, 3.05) is 36.1 Å². The minimum Gasteiger partial charge on any atom is -0.446 e. The first-order valence-corrected chi connectivity index (χ1v) is 10.7. The van der Waals surface area contributed by atoms with Crippen molar-refractivity contribution in [2.24, 2.45) is 0 Å². The summed E-state index contributed by atoms with van der Waals surface area (Å²) in [6.45, 7) is 5.33. The average molecular weight is 413 g/mol. The van der Waals surface area contributed by atoms with Gasteiger partial charge in [-0.25, -0.2) is 9.59 Å². The molecule has 0 aromatic heterocycles. The van der Waals surface area contributed by atoms with Crippen LogP contribution < -0.4 is 9.80 Å². The normalized spacial score (nSPS) is 10.3. The van der Waals surface area contributed by atoms with Crippen molar-refractivity contribution in [2.45, 2.75) is 39.5 Å². The Bertz CT molecular complexity index is 687. The van der Waals surface area contributed by atoms with Gasteiger partial charge in [0.15, 0.2) is 0 Å². The number of para-hydroxylation sites is 2. The van der Waals surface area contributed by atoms with Crippen LogP contribution in [0.3, 0.4) is 0 Å². The van der Waals surface area contributed by atoms with Crippen LogP contribution in [0.1, 0.15) is 39.5 Å². The highest BCUT2D eigenvalue weighted by atomic mass is 16.6. The maximum absolute atomic E-state index is 12.5. The number of nitrogens with zero attached hydrogens (tertiary/aromatic N) is 2. The number of rotatable bonds is 11. The van der Waals surface area contributed by atoms with E-state index in [1.807, 2.05) is 60.7 Å². The van der Waals surface area contributed by atoms with Crippen molar-refractivity contribution >= 4 is 23.6 Å². The number of anilines is 2. The van der Waals surface area contributed by atoms with Gasteiger partial charge in [-0.1, -0.05) is 63.1 Å². The molecule has 0 radical (unpaired) electrons. The summed E-state index contributed by atoms with van der Waals surface area (Å²) in [5.41, 5.74) is 1.59. The van der Waals surface area contributed by atoms with E-state index in [1.165, 1.54) is 0 Å². The molecule has 0 fully saturated rings. The Labute approximate surface area is 179 Å². The second kappa shape index (κ2) is 13.2. The lowest BCUT2D eigenvalue weighted by atomic mass is 10.2. The van der Waals surface area contributed by atoms with Gasteiger partial charge in [-0.15, -0.1) is 0 Å². The topological polar surface area (TPSA) is 59.1 Å². The summed E-state index contributed by atoms with van der Waals surface area (Å²) in [4.78, 5) is 28.3. The number of amides is 2. The predicted molar refractivity (Wildman–Crippen MR) is 120 cm³/mol. The number of carbonyl (C=O) groups excluding carboxylic acids is 2. The van der Waals surface area contributed by atoms with Crippen molar-refractivity contribution in [3.63, 3.8) is 0 Å². The van der Waals surface area contributed by atoms with E-state index < -0.39 is 12.2 Å². The van der Waals surface area contributed by atoms with Gasteiger partial charge in [-0.2, -0.15) is 0 Å². The fraction of sp³-hybridized carbons (Fsp3) is 0.417. The molecule has 0 unspecified atom stereocenters. The zero-order chi connectivity index (χ0) is 21.6. The molecule has 6 nitrogen and oxygen atoms in total. The van der Waals surface area contributed by atoms with Gasteiger partial charge >= 0.3 is 12.2 Å². The molecule has 0 aliphatic rings. The number of ether oxygens (including phenoxy) is 2. The first-order chi connectivity index (χ1) is 14.7. The van der Waals surface area contributed by atoms with Gasteiger partial charge in [0.1, 0.15) is 13.2 Å². The summed E-state index contributed by atoms with van der Waals surface area (Å²) in [5.74, 6) is 0. The first-order valence-electron chi connectivity index (χ1n) is 10.7. The lowest BCUT2D eigenvalue weighted by Gasteiger charge is -2.23. The van der Waals surface area contributed by atoms with Gasteiger partial charge in [-0.3, -0.25) is 9.80 Å². The third kappa shape index (κ3) is 7.43. The van der Waals surface area contributed by atoms with Crippen LogP contribution in [-0.4, -0.2) is 38.5 Å². The first kappa shape index (κ1) is 23.3. The summed E-state index contributed by atoms with van der Waals surface area (Å²) in [5, 5.41) is 0. The number of unbranched alkanes of at least 4 members (excludes halogenated alkanes) is 2. The smallest absolute Gasteiger partial charge is 0.414 e. The van der Waals surface area contributed by atoms with Crippen LogP contribution >= 0.6 is 0 Å². The minimum absolute atomic E-state index is 0.0104. The van der Waals surface area contributed by atoms with E-state index in [-0.39, 0.29) is 13.2 Å². The third-order valence-electron chi connectivity index (χ3n) is 4.58. The number of carbonyl (C=O) groups is 2. The maximum Gasteiger partial charge on any atom is 0.414 e. The molecule has 2 amide bonds. The van der Waals surface area contributed by atoms with Crippen LogP contribution in [0.15, 0.2) is 60.7 Å². The van der Waals surface area contributed by atoms with Crippen LogP contribution in [0.4, 0.5) is 21.0 Å². The van der Waals surface area contributed by atoms with E-state index in [0.29, 0.717) is 13.1 Å². The van der Waals surface area contributed by atoms with Crippen LogP contribution in [0.25, 0.3) is 0 Å². The molecule has 2 aromatic rings. The molecule has 0 aliphatic heterocycles. The standard InChI is InChI=1S/C24H32N2O4/c1-3-5-17-25(21-13-9-7-10-14-21)23(27)29-19-20-30-24(28)26(18-6-4-2)22-15-11-8-12-16-22/h7-16H,3-6,17-20H2,1-2H3. The Balaban J connectivity index is 1.86. The van der Waals surface area contributed by atoms with E-state index in [1.54, 1.807) is 9.80 Å². The Morgan fingerprint density at radius 1 is 0.667 bits per heavy atom. The second-order valence-corrected chi connectivity index (χ2v) is 6.91. The Kier molecular flexibility index (Phi) is 10.3. The zero-order valence-corrected chi connectivity index (χ0v) is 18.0. The third-order valence-corrected chi connectivity index (χ3v) is 4.58. The van der Waals surface area contributed by atoms with Crippen LogP contribution in [0.2, 0.25) is 0 Å². The lowest BCUT2D eigenvalue weighted by molar-refractivity contribution is 0.103. The lowest BCUT2D eigenvalue weighted by Crippen LogP contribution is -2.35. The minimum atomic E-state index is -0.434. The quantitative estimate of drug-likeness (QED) is 0.433. The summed E-state index contributed by atoms with van der Waals surface area (Å²) in [6, 6.07) is 18.9. The fourth-order valence-electron chi connectivity index (χ4n) is 2.91. The van der Waals surface area contributed by atoms with Gasteiger partial charge in [0, 0.05) is 24.5 Å². The van der Waals surface area contributed by atoms with E-state index in [4.69, 9.17) is 9.47 Å². The summed E-state index contributed by atoms with van der Waals surface area (Å²) in [7, 11) is 0. The molecule has 0 saturated heterocycles. The molecule has 6 heteroatoms. The highest BCUT2D eigenvalue weighted by Gasteiger charge is 2.19. The number of hydrogen-bond donors (Lipinski definition) is 0. The molecule has 0 aliphatic carbocycles. The van der Waals surface area contributed by atoms with Gasteiger partial charge in [0.05, 0.1) is 0 Å². The highest BCUT2D eigenvalue weighted by Crippen LogP contribution is 2.17. The molecule has 0 atom stereocenters. The van der Waals surface area contributed by atoms with Crippen LogP contribution in [-0.2, 0) is 9.47 Å². The highest BCUT2D eigenvalue weighted by molar-refractivity contribution is 5.88. The average Bonchev–Trinajstić information content (AvgIpc) is 2.78. The molecule has 0 spiro atoms. The van der Waals surface area contributed by atoms with Crippen molar-refractivity contribution in [3.8, 4) is 0 Å². The summed E-state index contributed by atoms with van der Waals surface area (Å²) >= 11 is 0. The Morgan fingerprint density at radius 2 is 1.03 bits per heavy atom. The largest absolute Gasteiger partial charge is 0.446 e. The van der Waals surface area contributed by atoms with Crippen molar-refractivity contribution < 1.29 is 19.1 Å². The predicted octanol–water partition coefficient (Wildman–Crippen LogP) is 5.87. The van der Waals surface area contributed by atoms with E-state index >= 15 is 0 Å². The van der Waals surface area contributed by atoms with Gasteiger partial charge in [-0.05, 0) is 37.1 Å². The fourth-order valence-corrected chi connectivity index (χ4v) is 2.91. The molecule has 162 valence electrons. The zero-order valence-electron chi connectivity index (χ0n) is 18.0. The second-order valence-electron chi connectivity index (χ2n) is 6.91. The number of benzene rings is 2. The monoisotopic (exact) mass is 412 g/mol. The summed E-state index contributed by atoms with van der Waals surface area (Å²) in [6.07, 6.45) is 2.83. The maximum atomic E-state index is 12.5. The van der Waals surface area contributed by atoms with E-state index in [2.05, 4.69) is 13.8 Å². The van der Waals surface area contributed by atoms with E-state index in [0.717, 1.165) is 37.1 Å². The Morgan fingerprint density at radius 3 is 1.37 bits per heavy atom. The van der Waals surface area contributed by atoms with Gasteiger partial charge < -0.3 is 9.47 Å². The summed E-state index contributed by atoms with van der Waals surface area (Å²) < 4.78 is 10.7. The molecule has 0 saturated carbocycles. The SMILES string of the molecule is CCCCN(C(=O)OCCOC(=O)N(CCCC)c1ccccc1)c1ccccc1. The molecular weight excluding hydrogens is 380 g/mol. The van der Waals surface area contributed by atoms with Crippen molar-refractivity contribution in [1.29, 1.82) is 0 Å². The van der Waals surface area contributed by atoms with Crippen molar-refractivity contribution in [1.82, 2.24) is 0 Å².